The molecule has 5 nitrogen and oxygen atoms in total. The minimum Gasteiger partial charge on any atom is -0.480 e. The Hall–Kier alpha value is -1.12. The highest BCUT2D eigenvalue weighted by Crippen LogP contribution is 2.36. The molecule has 8 heteroatoms. The van der Waals surface area contributed by atoms with E-state index in [1.807, 2.05) is 0 Å². The molecular formula is C12H14FNO4S2. The van der Waals surface area contributed by atoms with Crippen molar-refractivity contribution < 1.29 is 22.7 Å². The van der Waals surface area contributed by atoms with E-state index in [4.69, 9.17) is 0 Å². The van der Waals surface area contributed by atoms with Gasteiger partial charge in [-0.3, -0.25) is 4.79 Å². The van der Waals surface area contributed by atoms with Crippen molar-refractivity contribution in [2.75, 3.05) is 5.75 Å². The van der Waals surface area contributed by atoms with Crippen LogP contribution in [-0.4, -0.2) is 41.0 Å². The average molecular weight is 319 g/mol. The summed E-state index contributed by atoms with van der Waals surface area (Å²) in [4.78, 5) is 11.1. The highest BCUT2D eigenvalue weighted by Gasteiger charge is 2.45. The minimum absolute atomic E-state index is 0.0916. The largest absolute Gasteiger partial charge is 0.480 e. The third-order valence-electron chi connectivity index (χ3n) is 3.06. The molecule has 0 amide bonds. The Morgan fingerprint density at radius 2 is 2.05 bits per heavy atom. The molecule has 1 N–H and O–H groups in total. The summed E-state index contributed by atoms with van der Waals surface area (Å²) in [6.07, 6.45) is 0.509. The van der Waals surface area contributed by atoms with E-state index in [2.05, 4.69) is 0 Å². The van der Waals surface area contributed by atoms with E-state index in [-0.39, 0.29) is 10.6 Å². The maximum atomic E-state index is 12.9. The maximum Gasteiger partial charge on any atom is 0.322 e. The Morgan fingerprint density at radius 1 is 1.45 bits per heavy atom. The summed E-state index contributed by atoms with van der Waals surface area (Å²) in [6, 6.07) is 3.32. The number of benzene rings is 1. The van der Waals surface area contributed by atoms with Crippen molar-refractivity contribution in [2.45, 2.75) is 29.7 Å². The van der Waals surface area contributed by atoms with Gasteiger partial charge in [-0.25, -0.2) is 12.8 Å². The van der Waals surface area contributed by atoms with Crippen molar-refractivity contribution in [3.05, 3.63) is 30.1 Å². The van der Waals surface area contributed by atoms with Crippen LogP contribution in [0, 0.1) is 5.82 Å². The quantitative estimate of drug-likeness (QED) is 0.915. The predicted molar refractivity (Wildman–Crippen MR) is 73.4 cm³/mol. The van der Waals surface area contributed by atoms with E-state index in [1.165, 1.54) is 11.8 Å². The number of aliphatic carboxylic acids is 1. The van der Waals surface area contributed by atoms with E-state index < -0.39 is 33.2 Å². The first-order chi connectivity index (χ1) is 9.37. The second-order valence-corrected chi connectivity index (χ2v) is 7.39. The molecule has 0 bridgehead atoms. The van der Waals surface area contributed by atoms with Crippen molar-refractivity contribution in [2.24, 2.45) is 0 Å². The molecule has 0 radical (unpaired) electrons. The van der Waals surface area contributed by atoms with Crippen LogP contribution in [-0.2, 0) is 14.8 Å². The fraction of sp³-hybridized carbons (Fsp3) is 0.417. The number of carbonyl (C=O) groups is 1. The number of rotatable bonds is 4. The fourth-order valence-electron chi connectivity index (χ4n) is 2.08. The Bertz CT molecular complexity index is 602. The molecule has 1 aromatic carbocycles. The van der Waals surface area contributed by atoms with Gasteiger partial charge in [-0.05, 0) is 30.7 Å². The number of halogens is 1. The van der Waals surface area contributed by atoms with Gasteiger partial charge in [0.25, 0.3) is 0 Å². The minimum atomic E-state index is -3.95. The van der Waals surface area contributed by atoms with E-state index in [0.717, 1.165) is 28.6 Å². The number of nitrogens with zero attached hydrogens (tertiary/aromatic N) is 1. The first-order valence-corrected chi connectivity index (χ1v) is 8.50. The van der Waals surface area contributed by atoms with Crippen LogP contribution in [0.15, 0.2) is 29.2 Å². The van der Waals surface area contributed by atoms with Crippen LogP contribution in [0.1, 0.15) is 13.3 Å². The average Bonchev–Trinajstić information content (AvgIpc) is 2.84. The molecule has 2 rings (SSSR count). The number of carboxylic acid groups (broad SMARTS) is 1. The van der Waals surface area contributed by atoms with Crippen molar-refractivity contribution in [1.29, 1.82) is 0 Å². The third kappa shape index (κ3) is 2.68. The van der Waals surface area contributed by atoms with Crippen molar-refractivity contribution in [3.8, 4) is 0 Å². The van der Waals surface area contributed by atoms with Gasteiger partial charge in [0.2, 0.25) is 10.0 Å². The van der Waals surface area contributed by atoms with Crippen molar-refractivity contribution >= 4 is 27.8 Å². The first-order valence-electron chi connectivity index (χ1n) is 6.01. The van der Waals surface area contributed by atoms with Crippen LogP contribution >= 0.6 is 11.8 Å². The normalized spacial score (nSPS) is 23.9. The summed E-state index contributed by atoms with van der Waals surface area (Å²) in [7, 11) is -3.95. The number of sulfonamides is 1. The Balaban J connectivity index is 2.44. The molecule has 1 aromatic rings. The van der Waals surface area contributed by atoms with Crippen molar-refractivity contribution in [1.82, 2.24) is 4.31 Å². The van der Waals surface area contributed by atoms with Gasteiger partial charge in [-0.15, -0.1) is 11.8 Å². The lowest BCUT2D eigenvalue weighted by molar-refractivity contribution is -0.140. The van der Waals surface area contributed by atoms with Gasteiger partial charge >= 0.3 is 5.97 Å². The summed E-state index contributed by atoms with van der Waals surface area (Å²) < 4.78 is 39.0. The molecule has 1 heterocycles. The molecule has 1 aliphatic heterocycles. The Morgan fingerprint density at radius 3 is 2.55 bits per heavy atom. The summed E-state index contributed by atoms with van der Waals surface area (Å²) in [5, 5.41) is 8.76. The lowest BCUT2D eigenvalue weighted by Gasteiger charge is -2.25. The topological polar surface area (TPSA) is 74.7 Å². The molecule has 1 fully saturated rings. The zero-order valence-corrected chi connectivity index (χ0v) is 12.3. The lowest BCUT2D eigenvalue weighted by atomic mass is 10.3. The van der Waals surface area contributed by atoms with E-state index in [1.54, 1.807) is 6.92 Å². The zero-order valence-electron chi connectivity index (χ0n) is 10.7. The van der Waals surface area contributed by atoms with Crippen LogP contribution in [0.25, 0.3) is 0 Å². The summed E-state index contributed by atoms with van der Waals surface area (Å²) in [5.74, 6) is -1.49. The van der Waals surface area contributed by atoms with Gasteiger partial charge < -0.3 is 5.11 Å². The Labute approximate surface area is 120 Å². The second-order valence-electron chi connectivity index (χ2n) is 4.34. The molecule has 0 spiro atoms. The number of hydrogen-bond acceptors (Lipinski definition) is 4. The van der Waals surface area contributed by atoms with Crippen LogP contribution in [0.5, 0.6) is 0 Å². The highest BCUT2D eigenvalue weighted by atomic mass is 32.2. The molecule has 2 atom stereocenters. The second kappa shape index (κ2) is 5.71. The summed E-state index contributed by atoms with van der Waals surface area (Å²) in [5.41, 5.74) is 0. The molecule has 0 aliphatic carbocycles. The molecule has 20 heavy (non-hydrogen) atoms. The van der Waals surface area contributed by atoms with Gasteiger partial charge in [-0.1, -0.05) is 6.92 Å². The van der Waals surface area contributed by atoms with Crippen LogP contribution in [0.2, 0.25) is 0 Å². The van der Waals surface area contributed by atoms with Gasteiger partial charge in [-0.2, -0.15) is 4.31 Å². The van der Waals surface area contributed by atoms with Crippen LogP contribution in [0.4, 0.5) is 4.39 Å². The van der Waals surface area contributed by atoms with Gasteiger partial charge in [0.15, 0.2) is 0 Å². The number of carboxylic acids is 1. The molecule has 0 aromatic heterocycles. The zero-order chi connectivity index (χ0) is 14.9. The highest BCUT2D eigenvalue weighted by molar-refractivity contribution is 8.01. The molecule has 110 valence electrons. The number of thioether (sulfide) groups is 1. The molecule has 0 saturated carbocycles. The van der Waals surface area contributed by atoms with E-state index in [9.17, 15) is 22.7 Å². The van der Waals surface area contributed by atoms with E-state index in [0.29, 0.717) is 6.42 Å². The van der Waals surface area contributed by atoms with Crippen LogP contribution < -0.4 is 0 Å². The lowest BCUT2D eigenvalue weighted by Crippen LogP contribution is -2.45. The van der Waals surface area contributed by atoms with Gasteiger partial charge in [0.05, 0.1) is 10.3 Å². The summed E-state index contributed by atoms with van der Waals surface area (Å²) >= 11 is 1.30. The fourth-order valence-corrected chi connectivity index (χ4v) is 5.61. The van der Waals surface area contributed by atoms with E-state index >= 15 is 0 Å². The predicted octanol–water partition coefficient (Wildman–Crippen LogP) is 1.75. The summed E-state index contributed by atoms with van der Waals surface area (Å²) in [6.45, 7) is 1.80. The number of hydrogen-bond donors (Lipinski definition) is 1. The standard InChI is InChI=1S/C12H14FNO4S2/c1-2-11-14(10(7-19-11)12(15)16)20(17,18)9-5-3-8(13)4-6-9/h3-6,10-11H,2,7H2,1H3,(H,15,16). The SMILES string of the molecule is CCC1SCC(C(=O)O)N1S(=O)(=O)c1ccc(F)cc1. The van der Waals surface area contributed by atoms with Gasteiger partial charge in [0.1, 0.15) is 11.9 Å². The third-order valence-corrected chi connectivity index (χ3v) is 6.58. The monoisotopic (exact) mass is 319 g/mol. The molecule has 2 unspecified atom stereocenters. The Kier molecular flexibility index (Phi) is 4.36. The first kappa shape index (κ1) is 15.3. The smallest absolute Gasteiger partial charge is 0.322 e. The van der Waals surface area contributed by atoms with Crippen molar-refractivity contribution in [3.63, 3.8) is 0 Å². The molecule has 1 saturated heterocycles. The maximum absolute atomic E-state index is 12.9. The molecule has 1 aliphatic rings. The van der Waals surface area contributed by atoms with Gasteiger partial charge in [0, 0.05) is 5.75 Å². The van der Waals surface area contributed by atoms with Crippen LogP contribution in [0.3, 0.4) is 0 Å². The molecular weight excluding hydrogens is 305 g/mol.